The molecule has 0 saturated carbocycles. The lowest BCUT2D eigenvalue weighted by atomic mass is 10.2. The molecular weight excluding hydrogens is 308 g/mol. The molecule has 23 heavy (non-hydrogen) atoms. The minimum absolute atomic E-state index is 0.0255. The van der Waals surface area contributed by atoms with Gasteiger partial charge in [-0.2, -0.15) is 0 Å². The Morgan fingerprint density at radius 1 is 1.22 bits per heavy atom. The number of unbranched alkanes of at least 4 members (excludes halogenated alkanes) is 3. The standard InChI is InChI=1S/C18H24N2O2S/c1-3-4-5-9-12-19-18(21)17-14(2)20-16(23-17)13-22-15-10-7-6-8-11-15/h6-8,10-11H,3-5,9,12-13H2,1-2H3,(H,19,21). The van der Waals surface area contributed by atoms with Gasteiger partial charge in [-0.1, -0.05) is 44.4 Å². The molecule has 0 unspecified atom stereocenters. The Kier molecular flexibility index (Phi) is 7.07. The highest BCUT2D eigenvalue weighted by molar-refractivity contribution is 7.13. The Bertz CT molecular complexity index is 611. The van der Waals surface area contributed by atoms with Crippen molar-refractivity contribution in [3.63, 3.8) is 0 Å². The zero-order chi connectivity index (χ0) is 16.5. The molecule has 1 amide bonds. The van der Waals surface area contributed by atoms with E-state index in [1.807, 2.05) is 37.3 Å². The van der Waals surface area contributed by atoms with Crippen LogP contribution in [-0.2, 0) is 6.61 Å². The van der Waals surface area contributed by atoms with Crippen molar-refractivity contribution in [2.75, 3.05) is 6.54 Å². The number of aryl methyl sites for hydroxylation is 1. The molecule has 0 bridgehead atoms. The first-order chi connectivity index (χ1) is 11.2. The number of hydrogen-bond donors (Lipinski definition) is 1. The second-order valence-corrected chi connectivity index (χ2v) is 6.52. The molecule has 0 radical (unpaired) electrons. The summed E-state index contributed by atoms with van der Waals surface area (Å²) >= 11 is 1.41. The number of benzene rings is 1. The Hall–Kier alpha value is -1.88. The molecule has 1 aromatic carbocycles. The molecule has 0 spiro atoms. The third kappa shape index (κ3) is 5.67. The van der Waals surface area contributed by atoms with Crippen LogP contribution in [0.5, 0.6) is 5.75 Å². The van der Waals surface area contributed by atoms with Gasteiger partial charge in [-0.25, -0.2) is 4.98 Å². The van der Waals surface area contributed by atoms with E-state index in [2.05, 4.69) is 17.2 Å². The average molecular weight is 332 g/mol. The van der Waals surface area contributed by atoms with Gasteiger partial charge in [0.1, 0.15) is 22.2 Å². The smallest absolute Gasteiger partial charge is 0.263 e. The minimum atomic E-state index is -0.0255. The molecule has 4 nitrogen and oxygen atoms in total. The number of hydrogen-bond acceptors (Lipinski definition) is 4. The number of nitrogens with one attached hydrogen (secondary N) is 1. The largest absolute Gasteiger partial charge is 0.486 e. The topological polar surface area (TPSA) is 51.2 Å². The van der Waals surface area contributed by atoms with Crippen LogP contribution in [0.2, 0.25) is 0 Å². The molecule has 1 heterocycles. The van der Waals surface area contributed by atoms with Gasteiger partial charge in [-0.05, 0) is 25.5 Å². The van der Waals surface area contributed by atoms with Crippen LogP contribution in [0.25, 0.3) is 0 Å². The van der Waals surface area contributed by atoms with Gasteiger partial charge in [0, 0.05) is 6.54 Å². The zero-order valence-electron chi connectivity index (χ0n) is 13.8. The fourth-order valence-corrected chi connectivity index (χ4v) is 3.11. The summed E-state index contributed by atoms with van der Waals surface area (Å²) in [6.07, 6.45) is 4.61. The molecular formula is C18H24N2O2S. The number of nitrogens with zero attached hydrogens (tertiary/aromatic N) is 1. The number of ether oxygens (including phenoxy) is 1. The van der Waals surface area contributed by atoms with Crippen molar-refractivity contribution in [3.05, 3.63) is 45.9 Å². The molecule has 1 N–H and O–H groups in total. The zero-order valence-corrected chi connectivity index (χ0v) is 14.6. The monoisotopic (exact) mass is 332 g/mol. The van der Waals surface area contributed by atoms with Gasteiger partial charge in [0.15, 0.2) is 0 Å². The molecule has 0 atom stereocenters. The number of carbonyl (C=O) groups excluding carboxylic acids is 1. The third-order valence-corrected chi connectivity index (χ3v) is 4.60. The van der Waals surface area contributed by atoms with E-state index in [0.717, 1.165) is 35.8 Å². The maximum atomic E-state index is 12.2. The Morgan fingerprint density at radius 2 is 2.00 bits per heavy atom. The molecule has 0 fully saturated rings. The van der Waals surface area contributed by atoms with Crippen LogP contribution in [0, 0.1) is 6.92 Å². The Morgan fingerprint density at radius 3 is 2.74 bits per heavy atom. The van der Waals surface area contributed by atoms with E-state index in [9.17, 15) is 4.79 Å². The maximum absolute atomic E-state index is 12.2. The lowest BCUT2D eigenvalue weighted by Crippen LogP contribution is -2.24. The van der Waals surface area contributed by atoms with E-state index in [-0.39, 0.29) is 5.91 Å². The second-order valence-electron chi connectivity index (χ2n) is 5.44. The van der Waals surface area contributed by atoms with E-state index in [4.69, 9.17) is 4.74 Å². The molecule has 2 rings (SSSR count). The van der Waals surface area contributed by atoms with Crippen molar-refractivity contribution in [2.45, 2.75) is 46.1 Å². The molecule has 0 aliphatic heterocycles. The van der Waals surface area contributed by atoms with E-state index in [0.29, 0.717) is 11.5 Å². The molecule has 2 aromatic rings. The van der Waals surface area contributed by atoms with E-state index in [1.165, 1.54) is 24.2 Å². The number of aromatic nitrogens is 1. The summed E-state index contributed by atoms with van der Waals surface area (Å²) in [6.45, 7) is 5.16. The van der Waals surface area contributed by atoms with E-state index < -0.39 is 0 Å². The quantitative estimate of drug-likeness (QED) is 0.695. The van der Waals surface area contributed by atoms with Gasteiger partial charge in [-0.3, -0.25) is 4.79 Å². The summed E-state index contributed by atoms with van der Waals surface area (Å²) in [5, 5.41) is 3.80. The predicted octanol–water partition coefficient (Wildman–Crippen LogP) is 4.34. The molecule has 5 heteroatoms. The first kappa shape index (κ1) is 17.5. The van der Waals surface area contributed by atoms with Crippen molar-refractivity contribution < 1.29 is 9.53 Å². The summed E-state index contributed by atoms with van der Waals surface area (Å²) in [7, 11) is 0. The lowest BCUT2D eigenvalue weighted by Gasteiger charge is -2.03. The first-order valence-electron chi connectivity index (χ1n) is 8.13. The van der Waals surface area contributed by atoms with Crippen molar-refractivity contribution in [3.8, 4) is 5.75 Å². The van der Waals surface area contributed by atoms with Gasteiger partial charge in [0.25, 0.3) is 5.91 Å². The second kappa shape index (κ2) is 9.30. The van der Waals surface area contributed by atoms with Gasteiger partial charge in [0.05, 0.1) is 5.69 Å². The third-order valence-electron chi connectivity index (χ3n) is 3.47. The fraction of sp³-hybridized carbons (Fsp3) is 0.444. The number of para-hydroxylation sites is 1. The van der Waals surface area contributed by atoms with Gasteiger partial charge in [-0.15, -0.1) is 11.3 Å². The van der Waals surface area contributed by atoms with Crippen LogP contribution in [0.15, 0.2) is 30.3 Å². The van der Waals surface area contributed by atoms with Crippen molar-refractivity contribution >= 4 is 17.2 Å². The van der Waals surface area contributed by atoms with Crippen molar-refractivity contribution in [2.24, 2.45) is 0 Å². The SMILES string of the molecule is CCCCCCNC(=O)c1sc(COc2ccccc2)nc1C. The molecule has 0 aliphatic carbocycles. The number of rotatable bonds is 9. The molecule has 0 aliphatic rings. The summed E-state index contributed by atoms with van der Waals surface area (Å²) in [4.78, 5) is 17.3. The maximum Gasteiger partial charge on any atom is 0.263 e. The Balaban J connectivity index is 1.83. The number of amides is 1. The first-order valence-corrected chi connectivity index (χ1v) is 8.94. The van der Waals surface area contributed by atoms with E-state index in [1.54, 1.807) is 0 Å². The van der Waals surface area contributed by atoms with Crippen LogP contribution in [-0.4, -0.2) is 17.4 Å². The molecule has 0 saturated heterocycles. The molecule has 1 aromatic heterocycles. The summed E-state index contributed by atoms with van der Waals surface area (Å²) in [5.74, 6) is 0.782. The van der Waals surface area contributed by atoms with Crippen LogP contribution < -0.4 is 10.1 Å². The van der Waals surface area contributed by atoms with Crippen molar-refractivity contribution in [1.82, 2.24) is 10.3 Å². The van der Waals surface area contributed by atoms with Crippen LogP contribution in [0.3, 0.4) is 0 Å². The summed E-state index contributed by atoms with van der Waals surface area (Å²) < 4.78 is 5.68. The molecule has 124 valence electrons. The predicted molar refractivity (Wildman–Crippen MR) is 94.1 cm³/mol. The van der Waals surface area contributed by atoms with Gasteiger partial charge in [0.2, 0.25) is 0 Å². The minimum Gasteiger partial charge on any atom is -0.486 e. The lowest BCUT2D eigenvalue weighted by molar-refractivity contribution is 0.0956. The number of carbonyl (C=O) groups is 1. The Labute approximate surface area is 141 Å². The highest BCUT2D eigenvalue weighted by atomic mass is 32.1. The fourth-order valence-electron chi connectivity index (χ4n) is 2.22. The van der Waals surface area contributed by atoms with Crippen molar-refractivity contribution in [1.29, 1.82) is 0 Å². The van der Waals surface area contributed by atoms with Gasteiger partial charge < -0.3 is 10.1 Å². The normalized spacial score (nSPS) is 10.5. The van der Waals surface area contributed by atoms with E-state index >= 15 is 0 Å². The van der Waals surface area contributed by atoms with Crippen LogP contribution in [0.4, 0.5) is 0 Å². The summed E-state index contributed by atoms with van der Waals surface area (Å²) in [6, 6.07) is 9.62. The highest BCUT2D eigenvalue weighted by Gasteiger charge is 2.15. The van der Waals surface area contributed by atoms with Gasteiger partial charge >= 0.3 is 0 Å². The summed E-state index contributed by atoms with van der Waals surface area (Å²) in [5.41, 5.74) is 0.771. The number of thiazole rings is 1. The van der Waals surface area contributed by atoms with Crippen LogP contribution >= 0.6 is 11.3 Å². The average Bonchev–Trinajstić information content (AvgIpc) is 2.94. The van der Waals surface area contributed by atoms with Crippen LogP contribution in [0.1, 0.15) is 53.0 Å². The highest BCUT2D eigenvalue weighted by Crippen LogP contribution is 2.20.